The van der Waals surface area contributed by atoms with E-state index in [2.05, 4.69) is 0 Å². The van der Waals surface area contributed by atoms with E-state index in [1.165, 1.54) is 30.6 Å². The van der Waals surface area contributed by atoms with Crippen LogP contribution >= 0.6 is 0 Å². The molecule has 0 aromatic heterocycles. The third-order valence-corrected chi connectivity index (χ3v) is 8.19. The summed E-state index contributed by atoms with van der Waals surface area (Å²) in [6.07, 6.45) is -0.547. The molecule has 35 heavy (non-hydrogen) atoms. The van der Waals surface area contributed by atoms with Crippen LogP contribution < -0.4 is 14.4 Å². The van der Waals surface area contributed by atoms with E-state index in [9.17, 15) is 18.3 Å². The van der Waals surface area contributed by atoms with Crippen molar-refractivity contribution in [3.8, 4) is 11.5 Å². The molecule has 0 aliphatic carbocycles. The number of rotatable bonds is 8. The predicted octanol–water partition coefficient (Wildman–Crippen LogP) is 2.30. The zero-order valence-corrected chi connectivity index (χ0v) is 21.9. The van der Waals surface area contributed by atoms with Crippen molar-refractivity contribution in [2.45, 2.75) is 30.9 Å². The van der Waals surface area contributed by atoms with Gasteiger partial charge in [0.1, 0.15) is 11.9 Å². The van der Waals surface area contributed by atoms with Gasteiger partial charge in [-0.25, -0.2) is 8.42 Å². The van der Waals surface area contributed by atoms with Crippen LogP contribution in [0.3, 0.4) is 0 Å². The SMILES string of the molecule is COc1ccc(S(=O)(=O)N(C)C[C@@H]2Oc3c(cccc3N(C)C)C(=O)N([C@H](C)CO)C[C@H]2C)cc1. The smallest absolute Gasteiger partial charge is 0.258 e. The Hall–Kier alpha value is -2.82. The minimum atomic E-state index is -3.79. The van der Waals surface area contributed by atoms with Crippen LogP contribution in [0, 0.1) is 5.92 Å². The lowest BCUT2D eigenvalue weighted by Gasteiger charge is -2.38. The van der Waals surface area contributed by atoms with Crippen LogP contribution in [0.5, 0.6) is 11.5 Å². The maximum absolute atomic E-state index is 13.4. The van der Waals surface area contributed by atoms with Crippen LogP contribution in [-0.4, -0.2) is 88.7 Å². The topological polar surface area (TPSA) is 99.6 Å². The second kappa shape index (κ2) is 10.8. The van der Waals surface area contributed by atoms with Gasteiger partial charge in [-0.1, -0.05) is 13.0 Å². The van der Waals surface area contributed by atoms with Crippen molar-refractivity contribution in [1.82, 2.24) is 9.21 Å². The van der Waals surface area contributed by atoms with Crippen LogP contribution in [0.4, 0.5) is 5.69 Å². The van der Waals surface area contributed by atoms with Crippen molar-refractivity contribution >= 4 is 21.6 Å². The average Bonchev–Trinajstić information content (AvgIpc) is 2.84. The first-order chi connectivity index (χ1) is 16.5. The zero-order chi connectivity index (χ0) is 25.9. The Morgan fingerprint density at radius 3 is 2.40 bits per heavy atom. The maximum Gasteiger partial charge on any atom is 0.258 e. The standard InChI is InChI=1S/C25H35N3O6S/c1-17-14-28(18(2)16-29)25(30)21-8-7-9-22(26(3)4)24(21)34-23(17)15-27(5)35(31,32)20-12-10-19(33-6)11-13-20/h7-13,17-18,23,29H,14-16H2,1-6H3/t17-,18-,23+/m1/s1. The van der Waals surface area contributed by atoms with Gasteiger partial charge in [0.15, 0.2) is 5.75 Å². The number of hydrogen-bond acceptors (Lipinski definition) is 7. The quantitative estimate of drug-likeness (QED) is 0.588. The number of ether oxygens (including phenoxy) is 2. The van der Waals surface area contributed by atoms with Gasteiger partial charge >= 0.3 is 0 Å². The molecule has 1 N–H and O–H groups in total. The molecule has 0 radical (unpaired) electrons. The Bertz CT molecular complexity index is 1140. The van der Waals surface area contributed by atoms with Crippen molar-refractivity contribution in [1.29, 1.82) is 0 Å². The molecule has 2 aromatic rings. The van der Waals surface area contributed by atoms with Crippen molar-refractivity contribution in [2.24, 2.45) is 5.92 Å². The molecule has 2 aromatic carbocycles. The highest BCUT2D eigenvalue weighted by molar-refractivity contribution is 7.89. The van der Waals surface area contributed by atoms with Gasteiger partial charge in [0.05, 0.1) is 42.4 Å². The second-order valence-corrected chi connectivity index (χ2v) is 11.2. The maximum atomic E-state index is 13.4. The van der Waals surface area contributed by atoms with Gasteiger partial charge in [0.2, 0.25) is 10.0 Å². The fraction of sp³-hybridized carbons (Fsp3) is 0.480. The Balaban J connectivity index is 2.00. The Labute approximate surface area is 207 Å². The third-order valence-electron chi connectivity index (χ3n) is 6.36. The van der Waals surface area contributed by atoms with E-state index in [0.717, 1.165) is 0 Å². The van der Waals surface area contributed by atoms with Gasteiger partial charge in [-0.3, -0.25) is 4.79 Å². The summed E-state index contributed by atoms with van der Waals surface area (Å²) in [5, 5.41) is 9.80. The van der Waals surface area contributed by atoms with Gasteiger partial charge in [0, 0.05) is 33.6 Å². The number of carbonyl (C=O) groups is 1. The van der Waals surface area contributed by atoms with Crippen molar-refractivity contribution < 1.29 is 27.8 Å². The molecule has 10 heteroatoms. The van der Waals surface area contributed by atoms with E-state index in [0.29, 0.717) is 29.3 Å². The van der Waals surface area contributed by atoms with Crippen molar-refractivity contribution in [3.63, 3.8) is 0 Å². The number of likely N-dealkylation sites (N-methyl/N-ethyl adjacent to an activating group) is 1. The number of sulfonamides is 1. The molecule has 3 atom stereocenters. The highest BCUT2D eigenvalue weighted by Crippen LogP contribution is 2.36. The molecule has 0 bridgehead atoms. The summed E-state index contributed by atoms with van der Waals surface area (Å²) in [6, 6.07) is 11.2. The number of fused-ring (bicyclic) bond motifs is 1. The van der Waals surface area contributed by atoms with Crippen LogP contribution in [0.2, 0.25) is 0 Å². The molecule has 192 valence electrons. The summed E-state index contributed by atoms with van der Waals surface area (Å²) >= 11 is 0. The Kier molecular flexibility index (Phi) is 8.30. The third kappa shape index (κ3) is 5.55. The van der Waals surface area contributed by atoms with E-state index < -0.39 is 22.2 Å². The van der Waals surface area contributed by atoms with Crippen LogP contribution in [-0.2, 0) is 10.0 Å². The molecule has 0 fully saturated rings. The number of para-hydroxylation sites is 1. The monoisotopic (exact) mass is 505 g/mol. The highest BCUT2D eigenvalue weighted by Gasteiger charge is 2.36. The van der Waals surface area contributed by atoms with Gasteiger partial charge in [0.25, 0.3) is 5.91 Å². The first-order valence-corrected chi connectivity index (χ1v) is 12.9. The lowest BCUT2D eigenvalue weighted by atomic mass is 9.99. The van der Waals surface area contributed by atoms with Crippen molar-refractivity contribution in [2.75, 3.05) is 52.8 Å². The first-order valence-electron chi connectivity index (χ1n) is 11.5. The minimum absolute atomic E-state index is 0.0757. The molecule has 1 amide bonds. The van der Waals surface area contributed by atoms with E-state index in [1.807, 2.05) is 32.0 Å². The van der Waals surface area contributed by atoms with Crippen molar-refractivity contribution in [3.05, 3.63) is 48.0 Å². The van der Waals surface area contributed by atoms with Gasteiger partial charge in [-0.2, -0.15) is 4.31 Å². The number of nitrogens with zero attached hydrogens (tertiary/aromatic N) is 3. The number of benzene rings is 2. The van der Waals surface area contributed by atoms with Crippen LogP contribution in [0.25, 0.3) is 0 Å². The first kappa shape index (κ1) is 26.8. The molecule has 1 aliphatic rings. The fourth-order valence-corrected chi connectivity index (χ4v) is 5.26. The molecule has 0 saturated carbocycles. The van der Waals surface area contributed by atoms with E-state index in [4.69, 9.17) is 9.47 Å². The summed E-state index contributed by atoms with van der Waals surface area (Å²) < 4.78 is 39.4. The number of aliphatic hydroxyl groups excluding tert-OH is 1. The summed E-state index contributed by atoms with van der Waals surface area (Å²) in [5.41, 5.74) is 1.10. The number of aliphatic hydroxyl groups is 1. The molecule has 3 rings (SSSR count). The number of carbonyl (C=O) groups excluding carboxylic acids is 1. The molecule has 9 nitrogen and oxygen atoms in total. The van der Waals surface area contributed by atoms with Gasteiger partial charge in [-0.05, 0) is 43.3 Å². The summed E-state index contributed by atoms with van der Waals surface area (Å²) in [6.45, 7) is 3.92. The van der Waals surface area contributed by atoms with Crippen LogP contribution in [0.1, 0.15) is 24.2 Å². The number of hydrogen-bond donors (Lipinski definition) is 1. The van der Waals surface area contributed by atoms with E-state index >= 15 is 0 Å². The van der Waals surface area contributed by atoms with Gasteiger partial charge in [-0.15, -0.1) is 0 Å². The minimum Gasteiger partial charge on any atom is -0.497 e. The lowest BCUT2D eigenvalue weighted by Crippen LogP contribution is -2.50. The predicted molar refractivity (Wildman–Crippen MR) is 135 cm³/mol. The zero-order valence-electron chi connectivity index (χ0n) is 21.1. The fourth-order valence-electron chi connectivity index (χ4n) is 4.08. The summed E-state index contributed by atoms with van der Waals surface area (Å²) in [7, 11) is 2.96. The molecule has 1 heterocycles. The van der Waals surface area contributed by atoms with Gasteiger partial charge < -0.3 is 24.4 Å². The average molecular weight is 506 g/mol. The van der Waals surface area contributed by atoms with E-state index in [1.54, 1.807) is 36.1 Å². The molecular formula is C25H35N3O6S. The van der Waals surface area contributed by atoms with E-state index in [-0.39, 0.29) is 29.9 Å². The molecular weight excluding hydrogens is 470 g/mol. The van der Waals surface area contributed by atoms with Crippen LogP contribution in [0.15, 0.2) is 47.4 Å². The number of amides is 1. The second-order valence-electron chi connectivity index (χ2n) is 9.13. The molecule has 0 saturated heterocycles. The molecule has 0 unspecified atom stereocenters. The molecule has 0 spiro atoms. The largest absolute Gasteiger partial charge is 0.497 e. The summed E-state index contributed by atoms with van der Waals surface area (Å²) in [5.74, 6) is 0.531. The Morgan fingerprint density at radius 1 is 1.17 bits per heavy atom. The summed E-state index contributed by atoms with van der Waals surface area (Å²) in [4.78, 5) is 17.1. The molecule has 1 aliphatic heterocycles. The Morgan fingerprint density at radius 2 is 1.83 bits per heavy atom. The normalized spacial score (nSPS) is 19.4. The number of methoxy groups -OCH3 is 1. The lowest BCUT2D eigenvalue weighted by molar-refractivity contribution is 0.0388. The number of anilines is 1. The highest BCUT2D eigenvalue weighted by atomic mass is 32.2.